The largest absolute Gasteiger partial charge is 0.417 e. The van der Waals surface area contributed by atoms with Crippen LogP contribution in [0.3, 0.4) is 0 Å². The van der Waals surface area contributed by atoms with Gasteiger partial charge in [-0.2, -0.15) is 18.4 Å². The van der Waals surface area contributed by atoms with E-state index in [4.69, 9.17) is 16.9 Å². The Balaban J connectivity index is 1.70. The highest BCUT2D eigenvalue weighted by Gasteiger charge is 2.34. The molecule has 0 saturated carbocycles. The number of rotatable bonds is 3. The standard InChI is InChI=1S/C22H13ClF3N5O/c1-30(15-5-2-13(9-27)3-6-15)21(32)19-12-31-11-18(29-20(31)10-28-19)16-7-4-14(23)8-17(16)22(24,25)26/h2-8,10-12H,1H3. The third kappa shape index (κ3) is 4.00. The molecule has 0 spiro atoms. The van der Waals surface area contributed by atoms with Crippen molar-refractivity contribution >= 4 is 28.8 Å². The van der Waals surface area contributed by atoms with Crippen LogP contribution in [0.1, 0.15) is 21.6 Å². The summed E-state index contributed by atoms with van der Waals surface area (Å²) < 4.78 is 41.8. The van der Waals surface area contributed by atoms with Crippen molar-refractivity contribution in [1.29, 1.82) is 5.26 Å². The molecule has 0 fully saturated rings. The first kappa shape index (κ1) is 21.3. The molecule has 0 bridgehead atoms. The van der Waals surface area contributed by atoms with E-state index in [-0.39, 0.29) is 27.6 Å². The average Bonchev–Trinajstić information content (AvgIpc) is 3.20. The molecule has 0 N–H and O–H groups in total. The Morgan fingerprint density at radius 3 is 2.53 bits per heavy atom. The number of nitrogens with zero attached hydrogens (tertiary/aromatic N) is 5. The molecule has 2 heterocycles. The van der Waals surface area contributed by atoms with E-state index in [9.17, 15) is 18.0 Å². The molecule has 6 nitrogen and oxygen atoms in total. The third-order valence-corrected chi connectivity index (χ3v) is 5.05. The van der Waals surface area contributed by atoms with Crippen LogP contribution in [0.15, 0.2) is 61.1 Å². The van der Waals surface area contributed by atoms with Crippen LogP contribution in [-0.4, -0.2) is 27.3 Å². The van der Waals surface area contributed by atoms with E-state index in [1.165, 1.54) is 40.0 Å². The first-order valence-corrected chi connectivity index (χ1v) is 9.55. The van der Waals surface area contributed by atoms with Crippen LogP contribution in [0.2, 0.25) is 5.02 Å². The summed E-state index contributed by atoms with van der Waals surface area (Å²) in [6.45, 7) is 0. The summed E-state index contributed by atoms with van der Waals surface area (Å²) in [6, 6.07) is 11.9. The predicted octanol–water partition coefficient (Wildman–Crippen LogP) is 5.22. The Hall–Kier alpha value is -3.90. The van der Waals surface area contributed by atoms with Crippen LogP contribution < -0.4 is 4.90 Å². The van der Waals surface area contributed by atoms with Gasteiger partial charge in [0.1, 0.15) is 5.69 Å². The van der Waals surface area contributed by atoms with E-state index in [0.29, 0.717) is 11.3 Å². The number of alkyl halides is 3. The molecular weight excluding hydrogens is 443 g/mol. The monoisotopic (exact) mass is 455 g/mol. The highest BCUT2D eigenvalue weighted by Crippen LogP contribution is 2.38. The van der Waals surface area contributed by atoms with Crippen molar-refractivity contribution in [1.82, 2.24) is 14.4 Å². The van der Waals surface area contributed by atoms with Gasteiger partial charge in [-0.25, -0.2) is 9.97 Å². The minimum atomic E-state index is -4.61. The second kappa shape index (κ2) is 7.98. The average molecular weight is 456 g/mol. The SMILES string of the molecule is CN(C(=O)c1cn2cc(-c3ccc(Cl)cc3C(F)(F)F)nc2cn1)c1ccc(C#N)cc1. The lowest BCUT2D eigenvalue weighted by atomic mass is 10.0. The van der Waals surface area contributed by atoms with Crippen molar-refractivity contribution in [2.75, 3.05) is 11.9 Å². The predicted molar refractivity (Wildman–Crippen MR) is 112 cm³/mol. The second-order valence-electron chi connectivity index (χ2n) is 6.87. The zero-order chi connectivity index (χ0) is 23.0. The topological polar surface area (TPSA) is 74.3 Å². The molecule has 0 unspecified atom stereocenters. The Kier molecular flexibility index (Phi) is 5.32. The van der Waals surface area contributed by atoms with Crippen molar-refractivity contribution in [2.45, 2.75) is 6.18 Å². The van der Waals surface area contributed by atoms with Gasteiger partial charge in [-0.3, -0.25) is 4.79 Å². The number of carbonyl (C=O) groups excluding carboxylic acids is 1. The van der Waals surface area contributed by atoms with Gasteiger partial charge in [0.15, 0.2) is 5.65 Å². The number of amides is 1. The van der Waals surface area contributed by atoms with Crippen LogP contribution >= 0.6 is 11.6 Å². The second-order valence-corrected chi connectivity index (χ2v) is 7.31. The number of benzene rings is 2. The highest BCUT2D eigenvalue weighted by atomic mass is 35.5. The summed E-state index contributed by atoms with van der Waals surface area (Å²) in [4.78, 5) is 22.5. The molecule has 1 amide bonds. The van der Waals surface area contributed by atoms with Gasteiger partial charge >= 0.3 is 6.18 Å². The number of hydrogen-bond donors (Lipinski definition) is 0. The van der Waals surface area contributed by atoms with Crippen LogP contribution in [-0.2, 0) is 6.18 Å². The van der Waals surface area contributed by atoms with Crippen LogP contribution in [0.5, 0.6) is 0 Å². The molecule has 0 aliphatic rings. The zero-order valence-corrected chi connectivity index (χ0v) is 17.2. The number of anilines is 1. The van der Waals surface area contributed by atoms with E-state index in [2.05, 4.69) is 9.97 Å². The summed E-state index contributed by atoms with van der Waals surface area (Å²) in [5.74, 6) is -0.436. The fraction of sp³-hybridized carbons (Fsp3) is 0.0909. The number of halogens is 4. The van der Waals surface area contributed by atoms with Gasteiger partial charge in [0.2, 0.25) is 0 Å². The summed E-state index contributed by atoms with van der Waals surface area (Å²) in [7, 11) is 1.55. The molecule has 4 aromatic rings. The van der Waals surface area contributed by atoms with Crippen molar-refractivity contribution in [3.8, 4) is 17.3 Å². The molecule has 0 radical (unpaired) electrons. The van der Waals surface area contributed by atoms with E-state index in [0.717, 1.165) is 6.07 Å². The van der Waals surface area contributed by atoms with Gasteiger partial charge in [0.05, 0.1) is 29.1 Å². The molecule has 10 heteroatoms. The van der Waals surface area contributed by atoms with Crippen molar-refractivity contribution in [3.63, 3.8) is 0 Å². The summed E-state index contributed by atoms with van der Waals surface area (Å²) in [5, 5.41) is 8.86. The first-order chi connectivity index (χ1) is 15.2. The number of fused-ring (bicyclic) bond motifs is 1. The molecule has 2 aromatic carbocycles. The smallest absolute Gasteiger partial charge is 0.310 e. The van der Waals surface area contributed by atoms with Crippen molar-refractivity contribution in [2.24, 2.45) is 0 Å². The lowest BCUT2D eigenvalue weighted by Gasteiger charge is -2.16. The zero-order valence-electron chi connectivity index (χ0n) is 16.4. The van der Waals surface area contributed by atoms with E-state index < -0.39 is 17.6 Å². The maximum Gasteiger partial charge on any atom is 0.417 e. The summed E-state index contributed by atoms with van der Waals surface area (Å²) >= 11 is 5.75. The highest BCUT2D eigenvalue weighted by molar-refractivity contribution is 6.30. The number of aromatic nitrogens is 3. The summed E-state index contributed by atoms with van der Waals surface area (Å²) in [6.07, 6.45) is -0.503. The van der Waals surface area contributed by atoms with Crippen LogP contribution in [0.4, 0.5) is 18.9 Å². The Bertz CT molecular complexity index is 1370. The summed E-state index contributed by atoms with van der Waals surface area (Å²) in [5.41, 5.74) is 0.395. The molecule has 0 aliphatic heterocycles. The van der Waals surface area contributed by atoms with Crippen molar-refractivity contribution < 1.29 is 18.0 Å². The van der Waals surface area contributed by atoms with Crippen LogP contribution in [0, 0.1) is 11.3 Å². The molecular formula is C22H13ClF3N5O. The maximum absolute atomic E-state index is 13.5. The Morgan fingerprint density at radius 1 is 1.16 bits per heavy atom. The molecule has 160 valence electrons. The molecule has 4 rings (SSSR count). The lowest BCUT2D eigenvalue weighted by molar-refractivity contribution is -0.137. The third-order valence-electron chi connectivity index (χ3n) is 4.81. The quantitative estimate of drug-likeness (QED) is 0.424. The van der Waals surface area contributed by atoms with Crippen LogP contribution in [0.25, 0.3) is 16.9 Å². The maximum atomic E-state index is 13.5. The number of carbonyl (C=O) groups is 1. The van der Waals surface area contributed by atoms with Gasteiger partial charge in [0.25, 0.3) is 5.91 Å². The minimum Gasteiger partial charge on any atom is -0.310 e. The van der Waals surface area contributed by atoms with Gasteiger partial charge in [0, 0.05) is 35.7 Å². The van der Waals surface area contributed by atoms with Gasteiger partial charge in [-0.1, -0.05) is 17.7 Å². The minimum absolute atomic E-state index is 0.0368. The Labute approximate surface area is 185 Å². The normalized spacial score (nSPS) is 11.4. The van der Waals surface area contributed by atoms with Gasteiger partial charge in [-0.05, 0) is 36.4 Å². The molecule has 2 aromatic heterocycles. The van der Waals surface area contributed by atoms with Gasteiger partial charge < -0.3 is 9.30 Å². The molecule has 32 heavy (non-hydrogen) atoms. The first-order valence-electron chi connectivity index (χ1n) is 9.17. The molecule has 0 saturated heterocycles. The van der Waals surface area contributed by atoms with E-state index in [1.807, 2.05) is 6.07 Å². The van der Waals surface area contributed by atoms with E-state index in [1.54, 1.807) is 31.3 Å². The molecule has 0 atom stereocenters. The molecule has 0 aliphatic carbocycles. The number of hydrogen-bond acceptors (Lipinski definition) is 4. The lowest BCUT2D eigenvalue weighted by Crippen LogP contribution is -2.27. The number of imidazole rings is 1. The number of nitriles is 1. The van der Waals surface area contributed by atoms with Gasteiger partial charge in [-0.15, -0.1) is 0 Å². The fourth-order valence-corrected chi connectivity index (χ4v) is 3.33. The fourth-order valence-electron chi connectivity index (χ4n) is 3.16. The van der Waals surface area contributed by atoms with Crippen molar-refractivity contribution in [3.05, 3.63) is 82.9 Å². The Morgan fingerprint density at radius 2 is 1.88 bits per heavy atom. The van der Waals surface area contributed by atoms with E-state index >= 15 is 0 Å².